The van der Waals surface area contributed by atoms with Crippen molar-refractivity contribution in [3.63, 3.8) is 0 Å². The summed E-state index contributed by atoms with van der Waals surface area (Å²) in [6.07, 6.45) is -2.98. The first kappa shape index (κ1) is 14.9. The van der Waals surface area contributed by atoms with Crippen molar-refractivity contribution in [2.45, 2.75) is 19.0 Å². The molecule has 0 radical (unpaired) electrons. The van der Waals surface area contributed by atoms with Gasteiger partial charge in [-0.15, -0.1) is 0 Å². The summed E-state index contributed by atoms with van der Waals surface area (Å²) < 4.78 is 37.7. The van der Waals surface area contributed by atoms with Gasteiger partial charge in [0, 0.05) is 19.3 Å². The van der Waals surface area contributed by atoms with Crippen LogP contribution in [0.2, 0.25) is 5.02 Å². The van der Waals surface area contributed by atoms with Crippen LogP contribution in [0.5, 0.6) is 0 Å². The third kappa shape index (κ3) is 2.98. The molecule has 0 aliphatic carbocycles. The van der Waals surface area contributed by atoms with Gasteiger partial charge in [0.05, 0.1) is 16.5 Å². The molecule has 8 heteroatoms. The minimum absolute atomic E-state index is 0.0366. The van der Waals surface area contributed by atoms with E-state index in [1.807, 2.05) is 0 Å². The Bertz CT molecular complexity index is 514. The van der Waals surface area contributed by atoms with Crippen LogP contribution < -0.4 is 4.90 Å². The largest absolute Gasteiger partial charge is 0.478 e. The van der Waals surface area contributed by atoms with E-state index in [2.05, 4.69) is 4.98 Å². The van der Waals surface area contributed by atoms with Crippen molar-refractivity contribution in [1.29, 1.82) is 0 Å². The van der Waals surface area contributed by atoms with Crippen molar-refractivity contribution in [1.82, 2.24) is 4.98 Å². The number of carbonyl (C=O) groups is 1. The Morgan fingerprint density at radius 1 is 1.40 bits per heavy atom. The lowest BCUT2D eigenvalue weighted by Crippen LogP contribution is -2.39. The van der Waals surface area contributed by atoms with E-state index in [9.17, 15) is 18.0 Å². The van der Waals surface area contributed by atoms with Crippen LogP contribution in [0, 0.1) is 5.92 Å². The molecule has 2 rings (SSSR count). The van der Waals surface area contributed by atoms with Crippen molar-refractivity contribution >= 4 is 23.4 Å². The van der Waals surface area contributed by atoms with Gasteiger partial charge in [-0.05, 0) is 18.9 Å². The second-order valence-corrected chi connectivity index (χ2v) is 4.98. The van der Waals surface area contributed by atoms with E-state index >= 15 is 0 Å². The zero-order chi connectivity index (χ0) is 14.9. The summed E-state index contributed by atoms with van der Waals surface area (Å²) in [5, 5.41) is 8.92. The van der Waals surface area contributed by atoms with Gasteiger partial charge in [-0.2, -0.15) is 13.2 Å². The predicted molar refractivity (Wildman–Crippen MR) is 67.2 cm³/mol. The lowest BCUT2D eigenvalue weighted by molar-refractivity contribution is -0.179. The molecule has 1 fully saturated rings. The normalized spacial score (nSPS) is 17.3. The molecule has 1 aliphatic heterocycles. The molecule has 0 amide bonds. The molecule has 20 heavy (non-hydrogen) atoms. The van der Waals surface area contributed by atoms with Gasteiger partial charge in [-0.3, -0.25) is 0 Å². The summed E-state index contributed by atoms with van der Waals surface area (Å²) in [5.74, 6) is -2.28. The minimum atomic E-state index is -4.19. The molecule has 0 unspecified atom stereocenters. The molecule has 0 aromatic carbocycles. The lowest BCUT2D eigenvalue weighted by atomic mass is 9.96. The first-order valence-electron chi connectivity index (χ1n) is 6.00. The third-order valence-corrected chi connectivity index (χ3v) is 3.73. The number of carboxylic acids is 1. The number of halogens is 4. The highest BCUT2D eigenvalue weighted by molar-refractivity contribution is 6.35. The molecule has 0 saturated carbocycles. The standard InChI is InChI=1S/C12H12ClF3N2O2/c13-9-8(11(19)20)1-4-17-10(9)18-5-2-7(3-6-18)12(14,15)16/h1,4,7H,2-3,5-6H2,(H,19,20). The SMILES string of the molecule is O=C(O)c1ccnc(N2CCC(C(F)(F)F)CC2)c1Cl. The lowest BCUT2D eigenvalue weighted by Gasteiger charge is -2.34. The molecule has 2 heterocycles. The number of hydrogen-bond donors (Lipinski definition) is 1. The van der Waals surface area contributed by atoms with Crippen LogP contribution in [0.1, 0.15) is 23.2 Å². The molecular formula is C12H12ClF3N2O2. The van der Waals surface area contributed by atoms with Gasteiger partial charge in [0.2, 0.25) is 0 Å². The van der Waals surface area contributed by atoms with Gasteiger partial charge in [0.15, 0.2) is 0 Å². The van der Waals surface area contributed by atoms with Crippen LogP contribution in [-0.2, 0) is 0 Å². The Morgan fingerprint density at radius 3 is 2.50 bits per heavy atom. The highest BCUT2D eigenvalue weighted by atomic mass is 35.5. The highest BCUT2D eigenvalue weighted by Crippen LogP contribution is 2.36. The summed E-state index contributed by atoms with van der Waals surface area (Å²) in [6.45, 7) is 0.305. The zero-order valence-electron chi connectivity index (χ0n) is 10.3. The van der Waals surface area contributed by atoms with Crippen molar-refractivity contribution in [2.75, 3.05) is 18.0 Å². The zero-order valence-corrected chi connectivity index (χ0v) is 11.1. The number of aromatic carboxylic acids is 1. The Kier molecular flexibility index (Phi) is 4.08. The number of nitrogens with zero attached hydrogens (tertiary/aromatic N) is 2. The number of piperidine rings is 1. The van der Waals surface area contributed by atoms with Crippen LogP contribution in [0.3, 0.4) is 0 Å². The molecule has 0 spiro atoms. The first-order valence-corrected chi connectivity index (χ1v) is 6.38. The second-order valence-electron chi connectivity index (χ2n) is 4.60. The number of hydrogen-bond acceptors (Lipinski definition) is 3. The Morgan fingerprint density at radius 2 is 2.00 bits per heavy atom. The number of rotatable bonds is 2. The van der Waals surface area contributed by atoms with E-state index in [0.717, 1.165) is 0 Å². The van der Waals surface area contributed by atoms with Crippen molar-refractivity contribution in [3.05, 3.63) is 22.8 Å². The van der Waals surface area contributed by atoms with Crippen LogP contribution in [-0.4, -0.2) is 35.3 Å². The Hall–Kier alpha value is -1.50. The van der Waals surface area contributed by atoms with E-state index in [-0.39, 0.29) is 42.3 Å². The van der Waals surface area contributed by atoms with E-state index in [0.29, 0.717) is 0 Å². The smallest absolute Gasteiger partial charge is 0.391 e. The Balaban J connectivity index is 2.15. The van der Waals surface area contributed by atoms with Crippen molar-refractivity contribution < 1.29 is 23.1 Å². The molecule has 1 saturated heterocycles. The molecule has 110 valence electrons. The quantitative estimate of drug-likeness (QED) is 0.911. The summed E-state index contributed by atoms with van der Waals surface area (Å²) in [4.78, 5) is 16.5. The first-order chi connectivity index (χ1) is 9.30. The number of pyridine rings is 1. The van der Waals surface area contributed by atoms with E-state index < -0.39 is 18.1 Å². The summed E-state index contributed by atoms with van der Waals surface area (Å²) >= 11 is 5.96. The summed E-state index contributed by atoms with van der Waals surface area (Å²) in [5.41, 5.74) is -0.102. The number of carboxylic acid groups (broad SMARTS) is 1. The number of anilines is 1. The fourth-order valence-electron chi connectivity index (χ4n) is 2.24. The van der Waals surface area contributed by atoms with Crippen LogP contribution in [0.25, 0.3) is 0 Å². The molecule has 1 aliphatic rings. The maximum Gasteiger partial charge on any atom is 0.391 e. The average Bonchev–Trinajstić information content (AvgIpc) is 2.38. The molecule has 1 N–H and O–H groups in total. The molecule has 4 nitrogen and oxygen atoms in total. The predicted octanol–water partition coefficient (Wildman–Crippen LogP) is 3.21. The fraction of sp³-hybridized carbons (Fsp3) is 0.500. The highest BCUT2D eigenvalue weighted by Gasteiger charge is 2.41. The molecule has 1 aromatic rings. The van der Waals surface area contributed by atoms with E-state index in [1.54, 1.807) is 4.90 Å². The number of aromatic nitrogens is 1. The Labute approximate surface area is 118 Å². The summed E-state index contributed by atoms with van der Waals surface area (Å²) in [7, 11) is 0. The molecule has 0 bridgehead atoms. The summed E-state index contributed by atoms with van der Waals surface area (Å²) in [6, 6.07) is 1.26. The maximum atomic E-state index is 12.6. The van der Waals surface area contributed by atoms with Gasteiger partial charge in [0.25, 0.3) is 0 Å². The molecular weight excluding hydrogens is 297 g/mol. The van der Waals surface area contributed by atoms with Crippen LogP contribution in [0.15, 0.2) is 12.3 Å². The van der Waals surface area contributed by atoms with Crippen molar-refractivity contribution in [2.24, 2.45) is 5.92 Å². The van der Waals surface area contributed by atoms with Crippen LogP contribution >= 0.6 is 11.6 Å². The van der Waals surface area contributed by atoms with Crippen molar-refractivity contribution in [3.8, 4) is 0 Å². The minimum Gasteiger partial charge on any atom is -0.478 e. The van der Waals surface area contributed by atoms with Gasteiger partial charge in [0.1, 0.15) is 5.82 Å². The van der Waals surface area contributed by atoms with Gasteiger partial charge >= 0.3 is 12.1 Å². The van der Waals surface area contributed by atoms with E-state index in [1.165, 1.54) is 12.3 Å². The maximum absolute atomic E-state index is 12.6. The average molecular weight is 309 g/mol. The van der Waals surface area contributed by atoms with Gasteiger partial charge in [-0.25, -0.2) is 9.78 Å². The van der Waals surface area contributed by atoms with Gasteiger partial charge < -0.3 is 10.0 Å². The fourth-order valence-corrected chi connectivity index (χ4v) is 2.55. The monoisotopic (exact) mass is 308 g/mol. The topological polar surface area (TPSA) is 53.4 Å². The number of alkyl halides is 3. The van der Waals surface area contributed by atoms with Crippen LogP contribution in [0.4, 0.5) is 19.0 Å². The second kappa shape index (κ2) is 5.47. The molecule has 0 atom stereocenters. The molecule has 1 aromatic heterocycles. The third-order valence-electron chi connectivity index (χ3n) is 3.36. The van der Waals surface area contributed by atoms with E-state index in [4.69, 9.17) is 16.7 Å². The van der Waals surface area contributed by atoms with Gasteiger partial charge in [-0.1, -0.05) is 11.6 Å².